The van der Waals surface area contributed by atoms with E-state index < -0.39 is 4.92 Å². The van der Waals surface area contributed by atoms with Crippen LogP contribution in [0.25, 0.3) is 0 Å². The van der Waals surface area contributed by atoms with Crippen molar-refractivity contribution in [3.05, 3.63) is 38.9 Å². The third kappa shape index (κ3) is 4.84. The minimum absolute atomic E-state index is 0. The van der Waals surface area contributed by atoms with Gasteiger partial charge < -0.3 is 11.1 Å². The first-order valence-corrected chi connectivity index (χ1v) is 6.85. The molecule has 0 heterocycles. The van der Waals surface area contributed by atoms with E-state index in [4.69, 9.17) is 17.3 Å². The Labute approximate surface area is 133 Å². The van der Waals surface area contributed by atoms with Crippen molar-refractivity contribution in [3.63, 3.8) is 0 Å². The fourth-order valence-corrected chi connectivity index (χ4v) is 2.57. The molecule has 21 heavy (non-hydrogen) atoms. The fraction of sp³-hybridized carbons (Fsp3) is 0.462. The first-order chi connectivity index (χ1) is 9.45. The molecule has 0 unspecified atom stereocenters. The zero-order chi connectivity index (χ0) is 14.7. The summed E-state index contributed by atoms with van der Waals surface area (Å²) in [5.74, 6) is -0.337. The molecule has 0 bridgehead atoms. The van der Waals surface area contributed by atoms with Gasteiger partial charge in [0.25, 0.3) is 11.6 Å². The highest BCUT2D eigenvalue weighted by Crippen LogP contribution is 2.22. The molecular weight excluding hydrogens is 317 g/mol. The number of hydrogen-bond donors (Lipinski definition) is 2. The van der Waals surface area contributed by atoms with Gasteiger partial charge in [-0.2, -0.15) is 0 Å². The molecule has 1 saturated carbocycles. The van der Waals surface area contributed by atoms with Gasteiger partial charge in [0.1, 0.15) is 0 Å². The van der Waals surface area contributed by atoms with E-state index in [2.05, 4.69) is 5.32 Å². The quantitative estimate of drug-likeness (QED) is 0.656. The standard InChI is InChI=1S/C13H16ClN3O3.ClH/c14-9-5-8(6-12(7-9)17(19)20)13(18)16-11-3-1-10(15)2-4-11;/h5-7,10-11H,1-4,15H2,(H,16,18);1H. The molecule has 0 spiro atoms. The average Bonchev–Trinajstić information content (AvgIpc) is 2.40. The summed E-state index contributed by atoms with van der Waals surface area (Å²) in [5.41, 5.74) is 5.83. The van der Waals surface area contributed by atoms with Crippen molar-refractivity contribution >= 4 is 35.6 Å². The normalized spacial score (nSPS) is 21.2. The monoisotopic (exact) mass is 333 g/mol. The molecular formula is C13H17Cl2N3O3. The lowest BCUT2D eigenvalue weighted by Gasteiger charge is -2.26. The number of nitrogens with zero attached hydrogens (tertiary/aromatic N) is 1. The van der Waals surface area contributed by atoms with Crippen molar-refractivity contribution in [1.29, 1.82) is 0 Å². The van der Waals surface area contributed by atoms with E-state index in [0.29, 0.717) is 0 Å². The van der Waals surface area contributed by atoms with E-state index in [9.17, 15) is 14.9 Å². The Balaban J connectivity index is 0.00000220. The molecule has 1 fully saturated rings. The molecule has 0 atom stereocenters. The van der Waals surface area contributed by atoms with Crippen molar-refractivity contribution in [2.45, 2.75) is 37.8 Å². The first-order valence-electron chi connectivity index (χ1n) is 6.47. The van der Waals surface area contributed by atoms with Crippen molar-refractivity contribution < 1.29 is 9.72 Å². The highest BCUT2D eigenvalue weighted by atomic mass is 35.5. The largest absolute Gasteiger partial charge is 0.349 e. The lowest BCUT2D eigenvalue weighted by atomic mass is 9.91. The first kappa shape index (κ1) is 17.7. The van der Waals surface area contributed by atoms with E-state index >= 15 is 0 Å². The van der Waals surface area contributed by atoms with Crippen molar-refractivity contribution in [2.24, 2.45) is 5.73 Å². The molecule has 1 aliphatic carbocycles. The van der Waals surface area contributed by atoms with Gasteiger partial charge in [0.2, 0.25) is 0 Å². The van der Waals surface area contributed by atoms with E-state index in [1.165, 1.54) is 18.2 Å². The number of rotatable bonds is 3. The summed E-state index contributed by atoms with van der Waals surface area (Å²) in [6.45, 7) is 0. The third-order valence-corrected chi connectivity index (χ3v) is 3.68. The minimum atomic E-state index is -0.567. The highest BCUT2D eigenvalue weighted by molar-refractivity contribution is 6.31. The average molecular weight is 334 g/mol. The number of carbonyl (C=O) groups excluding carboxylic acids is 1. The third-order valence-electron chi connectivity index (χ3n) is 3.46. The SMILES string of the molecule is Cl.NC1CCC(NC(=O)c2cc(Cl)cc([N+](=O)[O-])c2)CC1. The predicted molar refractivity (Wildman–Crippen MR) is 83.1 cm³/mol. The number of halogens is 2. The fourth-order valence-electron chi connectivity index (χ4n) is 2.34. The molecule has 0 radical (unpaired) electrons. The van der Waals surface area contributed by atoms with E-state index in [0.717, 1.165) is 25.7 Å². The van der Waals surface area contributed by atoms with Gasteiger partial charge in [0, 0.05) is 34.8 Å². The van der Waals surface area contributed by atoms with Crippen LogP contribution in [0.3, 0.4) is 0 Å². The van der Waals surface area contributed by atoms with Gasteiger partial charge in [-0.3, -0.25) is 14.9 Å². The van der Waals surface area contributed by atoms with Crippen LogP contribution < -0.4 is 11.1 Å². The molecule has 1 aromatic carbocycles. The molecule has 1 aromatic rings. The Morgan fingerprint density at radius 3 is 2.48 bits per heavy atom. The van der Waals surface area contributed by atoms with Gasteiger partial charge in [0.15, 0.2) is 0 Å². The molecule has 6 nitrogen and oxygen atoms in total. The van der Waals surface area contributed by atoms with Crippen LogP contribution in [0.5, 0.6) is 0 Å². The maximum Gasteiger partial charge on any atom is 0.271 e. The number of amides is 1. The second-order valence-corrected chi connectivity index (χ2v) is 5.48. The molecule has 1 amide bonds. The van der Waals surface area contributed by atoms with Crippen LogP contribution in [0.1, 0.15) is 36.0 Å². The smallest absolute Gasteiger partial charge is 0.271 e. The predicted octanol–water partition coefficient (Wildman–Crippen LogP) is 2.67. The summed E-state index contributed by atoms with van der Waals surface area (Å²) in [6, 6.07) is 4.15. The van der Waals surface area contributed by atoms with Crippen LogP contribution in [0.4, 0.5) is 5.69 Å². The van der Waals surface area contributed by atoms with E-state index in [1.807, 2.05) is 0 Å². The number of nitro groups is 1. The van der Waals surface area contributed by atoms with Crippen LogP contribution in [-0.2, 0) is 0 Å². The summed E-state index contributed by atoms with van der Waals surface area (Å²) in [7, 11) is 0. The van der Waals surface area contributed by atoms with Crippen LogP contribution in [0.15, 0.2) is 18.2 Å². The zero-order valence-electron chi connectivity index (χ0n) is 11.3. The number of benzene rings is 1. The maximum atomic E-state index is 12.1. The van der Waals surface area contributed by atoms with Gasteiger partial charge in [-0.05, 0) is 31.7 Å². The van der Waals surface area contributed by atoms with Crippen LogP contribution in [0, 0.1) is 10.1 Å². The highest BCUT2D eigenvalue weighted by Gasteiger charge is 2.21. The Kier molecular flexibility index (Phi) is 6.39. The number of non-ortho nitro benzene ring substituents is 1. The number of hydrogen-bond acceptors (Lipinski definition) is 4. The molecule has 2 rings (SSSR count). The number of carbonyl (C=O) groups is 1. The van der Waals surface area contributed by atoms with Crippen molar-refractivity contribution in [1.82, 2.24) is 5.32 Å². The van der Waals surface area contributed by atoms with E-state index in [1.54, 1.807) is 0 Å². The number of nitrogens with two attached hydrogens (primary N) is 1. The van der Waals surface area contributed by atoms with Crippen LogP contribution in [0.2, 0.25) is 5.02 Å². The lowest BCUT2D eigenvalue weighted by molar-refractivity contribution is -0.384. The summed E-state index contributed by atoms with van der Waals surface area (Å²) < 4.78 is 0. The molecule has 8 heteroatoms. The summed E-state index contributed by atoms with van der Waals surface area (Å²) in [5, 5.41) is 13.8. The van der Waals surface area contributed by atoms with Gasteiger partial charge in [0.05, 0.1) is 4.92 Å². The maximum absolute atomic E-state index is 12.1. The molecule has 0 saturated heterocycles. The van der Waals surface area contributed by atoms with Crippen LogP contribution in [-0.4, -0.2) is 22.9 Å². The molecule has 0 aromatic heterocycles. The number of nitro benzene ring substituents is 1. The molecule has 3 N–H and O–H groups in total. The van der Waals surface area contributed by atoms with Gasteiger partial charge >= 0.3 is 0 Å². The van der Waals surface area contributed by atoms with E-state index in [-0.39, 0.29) is 46.7 Å². The summed E-state index contributed by atoms with van der Waals surface area (Å²) in [6.07, 6.45) is 3.41. The van der Waals surface area contributed by atoms with Gasteiger partial charge in [-0.25, -0.2) is 0 Å². The second kappa shape index (κ2) is 7.59. The molecule has 116 valence electrons. The van der Waals surface area contributed by atoms with Gasteiger partial charge in [-0.1, -0.05) is 11.6 Å². The second-order valence-electron chi connectivity index (χ2n) is 5.04. The Hall–Kier alpha value is -1.37. The Morgan fingerprint density at radius 1 is 1.29 bits per heavy atom. The Morgan fingerprint density at radius 2 is 1.90 bits per heavy atom. The molecule has 1 aliphatic rings. The topological polar surface area (TPSA) is 98.3 Å². The number of nitrogens with one attached hydrogen (secondary N) is 1. The van der Waals surface area contributed by atoms with Crippen molar-refractivity contribution in [2.75, 3.05) is 0 Å². The van der Waals surface area contributed by atoms with Crippen LogP contribution >= 0.6 is 24.0 Å². The van der Waals surface area contributed by atoms with Crippen molar-refractivity contribution in [3.8, 4) is 0 Å². The minimum Gasteiger partial charge on any atom is -0.349 e. The molecule has 0 aliphatic heterocycles. The zero-order valence-corrected chi connectivity index (χ0v) is 12.8. The summed E-state index contributed by atoms with van der Waals surface area (Å²) in [4.78, 5) is 22.3. The van der Waals surface area contributed by atoms with Gasteiger partial charge in [-0.15, -0.1) is 12.4 Å². The summed E-state index contributed by atoms with van der Waals surface area (Å²) >= 11 is 5.80. The lowest BCUT2D eigenvalue weighted by Crippen LogP contribution is -2.40. The Bertz CT molecular complexity index is 531.